The summed E-state index contributed by atoms with van der Waals surface area (Å²) in [5.74, 6) is -0.442. The minimum Gasteiger partial charge on any atom is -0.389 e. The van der Waals surface area contributed by atoms with Crippen molar-refractivity contribution in [1.29, 1.82) is 0 Å². The summed E-state index contributed by atoms with van der Waals surface area (Å²) in [6.45, 7) is 2.86. The summed E-state index contributed by atoms with van der Waals surface area (Å²) in [4.78, 5) is 12.7. The second-order valence-electron chi connectivity index (χ2n) is 6.27. The van der Waals surface area contributed by atoms with Crippen LogP contribution in [0.3, 0.4) is 0 Å². The van der Waals surface area contributed by atoms with Crippen LogP contribution >= 0.6 is 0 Å². The summed E-state index contributed by atoms with van der Waals surface area (Å²) in [5.41, 5.74) is 1.17. The lowest BCUT2D eigenvalue weighted by Gasteiger charge is -2.27. The fraction of sp³-hybridized carbons (Fsp3) is 0.316. The van der Waals surface area contributed by atoms with Gasteiger partial charge in [-0.05, 0) is 36.8 Å². The molecule has 1 unspecified atom stereocenters. The lowest BCUT2D eigenvalue weighted by atomic mass is 10.1. The first kappa shape index (κ1) is 19.5. The largest absolute Gasteiger partial charge is 0.389 e. The molecule has 0 aliphatic carbocycles. The standard InChI is InChI=1S/C19H22N2O5S/c1-14(22)15-5-4-6-16(13-15)19(23)20-17-7-2-3-8-18(17)27(24,25)21-9-11-26-12-10-21/h2-8,13-14,22H,9-12H2,1H3,(H,20,23). The molecule has 1 aliphatic rings. The number of nitrogens with zero attached hydrogens (tertiary/aromatic N) is 1. The van der Waals surface area contributed by atoms with Crippen LogP contribution in [0.2, 0.25) is 0 Å². The number of aliphatic hydroxyl groups is 1. The van der Waals surface area contributed by atoms with Crippen LogP contribution in [0.15, 0.2) is 53.4 Å². The minimum absolute atomic E-state index is 0.0481. The Labute approximate surface area is 158 Å². The third-order valence-corrected chi connectivity index (χ3v) is 6.31. The highest BCUT2D eigenvalue weighted by atomic mass is 32.2. The van der Waals surface area contributed by atoms with E-state index in [0.29, 0.717) is 24.3 Å². The number of carbonyl (C=O) groups excluding carboxylic acids is 1. The predicted octanol–water partition coefficient (Wildman–Crippen LogP) is 2.01. The number of para-hydroxylation sites is 1. The number of anilines is 1. The summed E-state index contributed by atoms with van der Waals surface area (Å²) in [6, 6.07) is 12.9. The monoisotopic (exact) mass is 390 g/mol. The first-order chi connectivity index (χ1) is 12.9. The zero-order chi connectivity index (χ0) is 19.4. The fourth-order valence-corrected chi connectivity index (χ4v) is 4.41. The number of nitrogens with one attached hydrogen (secondary N) is 1. The molecule has 27 heavy (non-hydrogen) atoms. The van der Waals surface area contributed by atoms with E-state index in [1.54, 1.807) is 49.4 Å². The highest BCUT2D eigenvalue weighted by Gasteiger charge is 2.28. The van der Waals surface area contributed by atoms with E-state index in [-0.39, 0.29) is 23.7 Å². The molecule has 0 bridgehead atoms. The van der Waals surface area contributed by atoms with Crippen molar-refractivity contribution in [1.82, 2.24) is 4.31 Å². The van der Waals surface area contributed by atoms with Crippen molar-refractivity contribution in [3.63, 3.8) is 0 Å². The van der Waals surface area contributed by atoms with Gasteiger partial charge in [0, 0.05) is 18.7 Å². The van der Waals surface area contributed by atoms with Gasteiger partial charge in [-0.2, -0.15) is 4.31 Å². The number of sulfonamides is 1. The lowest BCUT2D eigenvalue weighted by molar-refractivity contribution is 0.0730. The number of hydrogen-bond acceptors (Lipinski definition) is 5. The van der Waals surface area contributed by atoms with Crippen LogP contribution in [-0.4, -0.2) is 50.0 Å². The average molecular weight is 390 g/mol. The number of rotatable bonds is 5. The molecule has 2 aromatic carbocycles. The summed E-state index contributed by atoms with van der Waals surface area (Å²) in [5, 5.41) is 12.4. The van der Waals surface area contributed by atoms with Crippen LogP contribution in [0, 0.1) is 0 Å². The van der Waals surface area contributed by atoms with Crippen LogP contribution in [0.4, 0.5) is 5.69 Å². The van der Waals surface area contributed by atoms with Crippen LogP contribution < -0.4 is 5.32 Å². The Balaban J connectivity index is 1.88. The smallest absolute Gasteiger partial charge is 0.255 e. The lowest BCUT2D eigenvalue weighted by Crippen LogP contribution is -2.40. The van der Waals surface area contributed by atoms with Crippen LogP contribution in [-0.2, 0) is 14.8 Å². The van der Waals surface area contributed by atoms with E-state index in [1.165, 1.54) is 10.4 Å². The van der Waals surface area contributed by atoms with Crippen LogP contribution in [0.5, 0.6) is 0 Å². The molecular formula is C19H22N2O5S. The Kier molecular flexibility index (Phi) is 5.91. The van der Waals surface area contributed by atoms with E-state index >= 15 is 0 Å². The summed E-state index contributed by atoms with van der Waals surface area (Å²) in [6.07, 6.45) is -0.702. The molecule has 144 valence electrons. The molecule has 1 heterocycles. The summed E-state index contributed by atoms with van der Waals surface area (Å²) in [7, 11) is -3.74. The molecule has 0 aromatic heterocycles. The van der Waals surface area contributed by atoms with Gasteiger partial charge in [0.25, 0.3) is 5.91 Å². The maximum atomic E-state index is 13.0. The quantitative estimate of drug-likeness (QED) is 0.814. The number of aliphatic hydroxyl groups excluding tert-OH is 1. The van der Waals surface area contributed by atoms with Crippen molar-refractivity contribution in [2.45, 2.75) is 17.9 Å². The molecule has 2 N–H and O–H groups in total. The average Bonchev–Trinajstić information content (AvgIpc) is 2.69. The second kappa shape index (κ2) is 8.18. The van der Waals surface area contributed by atoms with E-state index in [9.17, 15) is 18.3 Å². The molecule has 7 nitrogen and oxygen atoms in total. The SMILES string of the molecule is CC(O)c1cccc(C(=O)Nc2ccccc2S(=O)(=O)N2CCOCC2)c1. The fourth-order valence-electron chi connectivity index (χ4n) is 2.86. The van der Waals surface area contributed by atoms with Crippen LogP contribution in [0.25, 0.3) is 0 Å². The molecule has 2 aromatic rings. The Morgan fingerprint density at radius 2 is 1.85 bits per heavy atom. The number of ether oxygens (including phenoxy) is 1. The maximum Gasteiger partial charge on any atom is 0.255 e. The Morgan fingerprint density at radius 3 is 2.56 bits per heavy atom. The van der Waals surface area contributed by atoms with Crippen molar-refractivity contribution in [3.8, 4) is 0 Å². The van der Waals surface area contributed by atoms with Gasteiger partial charge in [-0.25, -0.2) is 8.42 Å². The van der Waals surface area contributed by atoms with Crippen molar-refractivity contribution in [2.75, 3.05) is 31.6 Å². The van der Waals surface area contributed by atoms with Crippen molar-refractivity contribution < 1.29 is 23.1 Å². The molecule has 1 aliphatic heterocycles. The Hall–Kier alpha value is -2.26. The number of morpholine rings is 1. The maximum absolute atomic E-state index is 13.0. The van der Waals surface area contributed by atoms with Gasteiger partial charge in [-0.1, -0.05) is 24.3 Å². The first-order valence-corrected chi connectivity index (χ1v) is 10.1. The minimum atomic E-state index is -3.74. The third kappa shape index (κ3) is 4.36. The van der Waals surface area contributed by atoms with Gasteiger partial charge in [0.15, 0.2) is 0 Å². The van der Waals surface area contributed by atoms with Gasteiger partial charge in [0.1, 0.15) is 4.90 Å². The van der Waals surface area contributed by atoms with E-state index < -0.39 is 22.0 Å². The Bertz CT molecular complexity index is 921. The van der Waals surface area contributed by atoms with Gasteiger partial charge in [0.2, 0.25) is 10.0 Å². The summed E-state index contributed by atoms with van der Waals surface area (Å²) < 4.78 is 32.5. The highest BCUT2D eigenvalue weighted by molar-refractivity contribution is 7.89. The molecule has 0 spiro atoms. The molecule has 3 rings (SSSR count). The third-order valence-electron chi connectivity index (χ3n) is 4.35. The van der Waals surface area contributed by atoms with E-state index in [1.807, 2.05) is 0 Å². The van der Waals surface area contributed by atoms with Crippen LogP contribution in [0.1, 0.15) is 28.9 Å². The molecule has 1 fully saturated rings. The van der Waals surface area contributed by atoms with Gasteiger partial charge < -0.3 is 15.2 Å². The number of carbonyl (C=O) groups is 1. The Morgan fingerprint density at radius 1 is 1.15 bits per heavy atom. The van der Waals surface area contributed by atoms with E-state index in [4.69, 9.17) is 4.74 Å². The zero-order valence-corrected chi connectivity index (χ0v) is 15.8. The van der Waals surface area contributed by atoms with Crippen molar-refractivity contribution >= 4 is 21.6 Å². The first-order valence-electron chi connectivity index (χ1n) is 8.66. The molecule has 0 saturated carbocycles. The van der Waals surface area contributed by atoms with E-state index in [0.717, 1.165) is 0 Å². The van der Waals surface area contributed by atoms with Crippen molar-refractivity contribution in [3.05, 3.63) is 59.7 Å². The number of hydrogen-bond donors (Lipinski definition) is 2. The molecule has 1 amide bonds. The topological polar surface area (TPSA) is 95.9 Å². The number of benzene rings is 2. The normalized spacial score (nSPS) is 16.7. The highest BCUT2D eigenvalue weighted by Crippen LogP contribution is 2.26. The summed E-state index contributed by atoms with van der Waals surface area (Å²) >= 11 is 0. The van der Waals surface area contributed by atoms with Gasteiger partial charge in [-0.3, -0.25) is 4.79 Å². The second-order valence-corrected chi connectivity index (χ2v) is 8.17. The zero-order valence-electron chi connectivity index (χ0n) is 15.0. The van der Waals surface area contributed by atoms with Gasteiger partial charge >= 0.3 is 0 Å². The van der Waals surface area contributed by atoms with Crippen molar-refractivity contribution in [2.24, 2.45) is 0 Å². The van der Waals surface area contributed by atoms with E-state index in [2.05, 4.69) is 5.32 Å². The molecule has 8 heteroatoms. The molecule has 1 saturated heterocycles. The molecular weight excluding hydrogens is 368 g/mol. The molecule has 0 radical (unpaired) electrons. The van der Waals surface area contributed by atoms with Gasteiger partial charge in [-0.15, -0.1) is 0 Å². The molecule has 1 atom stereocenters. The predicted molar refractivity (Wildman–Crippen MR) is 101 cm³/mol. The van der Waals surface area contributed by atoms with Gasteiger partial charge in [0.05, 0.1) is 25.0 Å². The number of amides is 1.